The molecule has 2 fully saturated rings. The highest BCUT2D eigenvalue weighted by atomic mass is 16.5. The second-order valence-electron chi connectivity index (χ2n) is 7.09. The lowest BCUT2D eigenvalue weighted by Crippen LogP contribution is -2.46. The molecule has 0 unspecified atom stereocenters. The molecule has 0 saturated carbocycles. The average molecular weight is 359 g/mol. The van der Waals surface area contributed by atoms with Crippen LogP contribution in [0.4, 0.5) is 0 Å². The van der Waals surface area contributed by atoms with E-state index in [1.54, 1.807) is 7.11 Å². The van der Waals surface area contributed by atoms with Gasteiger partial charge in [0.15, 0.2) is 0 Å². The summed E-state index contributed by atoms with van der Waals surface area (Å²) in [5.74, 6) is 0.656. The number of carbonyl (C=O) groups is 1. The molecule has 1 aromatic carbocycles. The smallest absolute Gasteiger partial charge is 0.267 e. The van der Waals surface area contributed by atoms with E-state index >= 15 is 0 Å². The summed E-state index contributed by atoms with van der Waals surface area (Å²) >= 11 is 0. The summed E-state index contributed by atoms with van der Waals surface area (Å²) in [4.78, 5) is 18.2. The molecular weight excluding hydrogens is 334 g/mol. The van der Waals surface area contributed by atoms with Gasteiger partial charge in [0.25, 0.3) is 5.91 Å². The molecule has 4 rings (SSSR count). The molecule has 3 atom stereocenters. The van der Waals surface area contributed by atoms with Gasteiger partial charge in [-0.15, -0.1) is 0 Å². The number of ether oxygens (including phenoxy) is 2. The van der Waals surface area contributed by atoms with Crippen molar-refractivity contribution in [2.45, 2.75) is 31.0 Å². The maximum atomic E-state index is 12.7. The number of methoxy groups -OCH3 is 1. The Morgan fingerprint density at radius 1 is 1.46 bits per heavy atom. The minimum Gasteiger partial charge on any atom is -0.496 e. The molecule has 2 aromatic rings. The largest absolute Gasteiger partial charge is 0.496 e. The maximum Gasteiger partial charge on any atom is 0.267 e. The zero-order chi connectivity index (χ0) is 18.1. The van der Waals surface area contributed by atoms with Crippen LogP contribution in [0.1, 0.15) is 23.3 Å². The fourth-order valence-corrected chi connectivity index (χ4v) is 4.06. The van der Waals surface area contributed by atoms with E-state index in [1.165, 1.54) is 0 Å². The van der Waals surface area contributed by atoms with Crippen LogP contribution in [-0.4, -0.2) is 72.5 Å². The number of aromatic nitrogens is 1. The quantitative estimate of drug-likeness (QED) is 0.745. The molecule has 7 heteroatoms. The Morgan fingerprint density at radius 2 is 2.35 bits per heavy atom. The Labute approximate surface area is 152 Å². The van der Waals surface area contributed by atoms with Crippen LogP contribution in [0.15, 0.2) is 24.3 Å². The SMILES string of the molecule is COc1cccc2[nH]c(C(=O)N[C@H]3C[C@H]4CO[C@@H](CCO)CN4C3)cc12. The van der Waals surface area contributed by atoms with Gasteiger partial charge >= 0.3 is 0 Å². The van der Waals surface area contributed by atoms with E-state index in [-0.39, 0.29) is 24.7 Å². The molecule has 3 N–H and O–H groups in total. The van der Waals surface area contributed by atoms with Gasteiger partial charge in [-0.1, -0.05) is 6.07 Å². The molecule has 2 aliphatic rings. The van der Waals surface area contributed by atoms with Gasteiger partial charge in [0.1, 0.15) is 11.4 Å². The van der Waals surface area contributed by atoms with E-state index in [9.17, 15) is 4.79 Å². The Balaban J connectivity index is 1.41. The lowest BCUT2D eigenvalue weighted by molar-refractivity contribution is -0.0566. The topological polar surface area (TPSA) is 86.8 Å². The van der Waals surface area contributed by atoms with E-state index in [0.717, 1.165) is 36.2 Å². The van der Waals surface area contributed by atoms with Gasteiger partial charge in [-0.2, -0.15) is 0 Å². The number of hydrogen-bond acceptors (Lipinski definition) is 5. The van der Waals surface area contributed by atoms with E-state index in [4.69, 9.17) is 14.6 Å². The normalized spacial score (nSPS) is 26.0. The molecule has 26 heavy (non-hydrogen) atoms. The minimum atomic E-state index is -0.0964. The van der Waals surface area contributed by atoms with Gasteiger partial charge in [-0.25, -0.2) is 0 Å². The number of hydrogen-bond donors (Lipinski definition) is 3. The van der Waals surface area contributed by atoms with Crippen LogP contribution < -0.4 is 10.1 Å². The number of H-pyrrole nitrogens is 1. The summed E-state index contributed by atoms with van der Waals surface area (Å²) < 4.78 is 11.2. The van der Waals surface area contributed by atoms with Gasteiger partial charge in [-0.05, 0) is 31.0 Å². The molecule has 0 bridgehead atoms. The van der Waals surface area contributed by atoms with Crippen molar-refractivity contribution in [1.82, 2.24) is 15.2 Å². The number of aliphatic hydroxyl groups excluding tert-OH is 1. The van der Waals surface area contributed by atoms with Crippen LogP contribution in [0.2, 0.25) is 0 Å². The maximum absolute atomic E-state index is 12.7. The zero-order valence-corrected chi connectivity index (χ0v) is 14.9. The highest BCUT2D eigenvalue weighted by Crippen LogP contribution is 2.27. The summed E-state index contributed by atoms with van der Waals surface area (Å²) in [5.41, 5.74) is 1.43. The molecule has 7 nitrogen and oxygen atoms in total. The van der Waals surface area contributed by atoms with Crippen LogP contribution >= 0.6 is 0 Å². The first-order chi connectivity index (χ1) is 12.7. The first kappa shape index (κ1) is 17.3. The van der Waals surface area contributed by atoms with Crippen molar-refractivity contribution in [2.24, 2.45) is 0 Å². The van der Waals surface area contributed by atoms with Gasteiger partial charge in [0, 0.05) is 42.7 Å². The summed E-state index contributed by atoms with van der Waals surface area (Å²) in [5, 5.41) is 13.1. The average Bonchev–Trinajstić information content (AvgIpc) is 3.24. The molecule has 0 spiro atoms. The second kappa shape index (κ2) is 7.26. The summed E-state index contributed by atoms with van der Waals surface area (Å²) in [7, 11) is 1.63. The molecule has 2 aliphatic heterocycles. The lowest BCUT2D eigenvalue weighted by atomic mass is 10.1. The molecule has 0 aliphatic carbocycles. The van der Waals surface area contributed by atoms with Crippen molar-refractivity contribution in [2.75, 3.05) is 33.4 Å². The van der Waals surface area contributed by atoms with Gasteiger partial charge in [0.05, 0.1) is 19.8 Å². The first-order valence-electron chi connectivity index (χ1n) is 9.11. The summed E-state index contributed by atoms with van der Waals surface area (Å²) in [6.45, 7) is 2.46. The number of rotatable bonds is 5. The third-order valence-electron chi connectivity index (χ3n) is 5.37. The number of morpholine rings is 1. The molecule has 140 valence electrons. The molecule has 1 aromatic heterocycles. The third-order valence-corrected chi connectivity index (χ3v) is 5.37. The fourth-order valence-electron chi connectivity index (χ4n) is 4.06. The lowest BCUT2D eigenvalue weighted by Gasteiger charge is -2.34. The second-order valence-corrected chi connectivity index (χ2v) is 7.09. The number of amides is 1. The van der Waals surface area contributed by atoms with E-state index in [2.05, 4.69) is 15.2 Å². The number of nitrogens with one attached hydrogen (secondary N) is 2. The third kappa shape index (κ3) is 3.30. The van der Waals surface area contributed by atoms with Crippen molar-refractivity contribution in [1.29, 1.82) is 0 Å². The van der Waals surface area contributed by atoms with Crippen LogP contribution in [0.3, 0.4) is 0 Å². The van der Waals surface area contributed by atoms with Gasteiger partial charge in [0.2, 0.25) is 0 Å². The van der Waals surface area contributed by atoms with E-state index in [0.29, 0.717) is 24.8 Å². The monoisotopic (exact) mass is 359 g/mol. The highest BCUT2D eigenvalue weighted by molar-refractivity contribution is 5.99. The number of aliphatic hydroxyl groups is 1. The fraction of sp³-hybridized carbons (Fsp3) is 0.526. The van der Waals surface area contributed by atoms with Gasteiger partial charge in [-0.3, -0.25) is 9.69 Å². The Morgan fingerprint density at radius 3 is 3.15 bits per heavy atom. The number of fused-ring (bicyclic) bond motifs is 2. The first-order valence-corrected chi connectivity index (χ1v) is 9.11. The van der Waals surface area contributed by atoms with Crippen molar-refractivity contribution in [3.05, 3.63) is 30.0 Å². The zero-order valence-electron chi connectivity index (χ0n) is 14.9. The van der Waals surface area contributed by atoms with E-state index in [1.807, 2.05) is 24.3 Å². The molecule has 2 saturated heterocycles. The minimum absolute atomic E-state index is 0.0897. The van der Waals surface area contributed by atoms with Gasteiger partial charge < -0.3 is 24.9 Å². The Kier molecular flexibility index (Phi) is 4.84. The van der Waals surface area contributed by atoms with Crippen LogP contribution in [0.25, 0.3) is 10.9 Å². The van der Waals surface area contributed by atoms with Crippen LogP contribution in [0.5, 0.6) is 5.75 Å². The van der Waals surface area contributed by atoms with Crippen molar-refractivity contribution < 1.29 is 19.4 Å². The van der Waals surface area contributed by atoms with E-state index < -0.39 is 0 Å². The Bertz CT molecular complexity index is 790. The number of nitrogens with zero attached hydrogens (tertiary/aromatic N) is 1. The number of carbonyl (C=O) groups excluding carboxylic acids is 1. The predicted octanol–water partition coefficient (Wildman–Crippen LogP) is 1.13. The summed E-state index contributed by atoms with van der Waals surface area (Å²) in [6.07, 6.45) is 1.64. The highest BCUT2D eigenvalue weighted by Gasteiger charge is 2.37. The molecule has 3 heterocycles. The van der Waals surface area contributed by atoms with Crippen molar-refractivity contribution in [3.63, 3.8) is 0 Å². The van der Waals surface area contributed by atoms with Crippen LogP contribution in [0, 0.1) is 0 Å². The number of aromatic amines is 1. The van der Waals surface area contributed by atoms with Crippen molar-refractivity contribution >= 4 is 16.8 Å². The number of benzene rings is 1. The molecule has 1 amide bonds. The standard InChI is InChI=1S/C19H25N3O4/c1-25-18-4-2-3-16-15(18)8-17(21-16)19(24)20-12-7-13-11-26-14(5-6-23)10-22(13)9-12/h2-4,8,12-14,21,23H,5-7,9-11H2,1H3,(H,20,24)/t12-,13-,14-/m0/s1. The predicted molar refractivity (Wildman–Crippen MR) is 97.5 cm³/mol. The van der Waals surface area contributed by atoms with Crippen LogP contribution in [-0.2, 0) is 4.74 Å². The summed E-state index contributed by atoms with van der Waals surface area (Å²) in [6, 6.07) is 8.01. The van der Waals surface area contributed by atoms with Crippen molar-refractivity contribution in [3.8, 4) is 5.75 Å². The Hall–Kier alpha value is -2.09. The molecule has 0 radical (unpaired) electrons. The molecular formula is C19H25N3O4.